The van der Waals surface area contributed by atoms with Gasteiger partial charge in [0.05, 0.1) is 0 Å². The number of aromatic hydroxyl groups is 1. The molecule has 1 saturated carbocycles. The molecule has 3 amide bonds. The maximum atomic E-state index is 13.5. The van der Waals surface area contributed by atoms with Gasteiger partial charge in [-0.25, -0.2) is 4.79 Å². The molecule has 0 aromatic heterocycles. The second-order valence-corrected chi connectivity index (χ2v) is 9.55. The monoisotopic (exact) mass is 467 g/mol. The van der Waals surface area contributed by atoms with Gasteiger partial charge in [0.2, 0.25) is 11.8 Å². The van der Waals surface area contributed by atoms with Crippen molar-refractivity contribution in [3.63, 3.8) is 0 Å². The van der Waals surface area contributed by atoms with Crippen molar-refractivity contribution in [3.05, 3.63) is 65.7 Å². The molecular weight excluding hydrogens is 434 g/mol. The largest absolute Gasteiger partial charge is 0.508 e. The average molecular weight is 468 g/mol. The molecule has 2 unspecified atom stereocenters. The van der Waals surface area contributed by atoms with Crippen LogP contribution >= 0.6 is 0 Å². The fourth-order valence-electron chi connectivity index (χ4n) is 3.66. The number of carbonyl (C=O) groups excluding carboxylic acids is 3. The number of benzene rings is 2. The van der Waals surface area contributed by atoms with E-state index < -0.39 is 29.7 Å². The van der Waals surface area contributed by atoms with Crippen LogP contribution in [0, 0.1) is 0 Å². The van der Waals surface area contributed by atoms with Gasteiger partial charge in [-0.05, 0) is 63.8 Å². The van der Waals surface area contributed by atoms with Gasteiger partial charge in [-0.3, -0.25) is 9.59 Å². The number of amides is 3. The van der Waals surface area contributed by atoms with E-state index in [1.165, 1.54) is 17.0 Å². The molecule has 1 aliphatic carbocycles. The summed E-state index contributed by atoms with van der Waals surface area (Å²) in [7, 11) is 0. The number of phenols is 1. The Bertz CT molecular complexity index is 1010. The fraction of sp³-hybridized carbons (Fsp3) is 0.423. The van der Waals surface area contributed by atoms with E-state index in [2.05, 4.69) is 10.6 Å². The Kier molecular flexibility index (Phi) is 7.81. The Morgan fingerprint density at radius 2 is 1.76 bits per heavy atom. The van der Waals surface area contributed by atoms with Gasteiger partial charge in [0.1, 0.15) is 23.4 Å². The molecule has 0 bridgehead atoms. The number of hydrogen-bond acceptors (Lipinski definition) is 5. The third-order valence-corrected chi connectivity index (χ3v) is 5.32. The highest BCUT2D eigenvalue weighted by Gasteiger charge is 2.43. The minimum Gasteiger partial charge on any atom is -0.508 e. The van der Waals surface area contributed by atoms with E-state index in [0.717, 1.165) is 18.4 Å². The summed E-state index contributed by atoms with van der Waals surface area (Å²) in [5, 5.41) is 15.6. The molecule has 0 saturated heterocycles. The zero-order valence-electron chi connectivity index (χ0n) is 20.1. The molecule has 3 N–H and O–H groups in total. The Hall–Kier alpha value is -3.55. The highest BCUT2D eigenvalue weighted by Crippen LogP contribution is 2.36. The van der Waals surface area contributed by atoms with Gasteiger partial charge in [0, 0.05) is 12.6 Å². The Morgan fingerprint density at radius 1 is 1.09 bits per heavy atom. The molecule has 8 nitrogen and oxygen atoms in total. The van der Waals surface area contributed by atoms with Crippen molar-refractivity contribution in [1.29, 1.82) is 0 Å². The summed E-state index contributed by atoms with van der Waals surface area (Å²) in [6.45, 7) is 7.09. The number of carbonyl (C=O) groups is 3. The van der Waals surface area contributed by atoms with Crippen molar-refractivity contribution in [2.45, 2.75) is 70.8 Å². The average Bonchev–Trinajstić information content (AvgIpc) is 3.59. The highest BCUT2D eigenvalue weighted by molar-refractivity contribution is 5.92. The predicted octanol–water partition coefficient (Wildman–Crippen LogP) is 3.65. The highest BCUT2D eigenvalue weighted by atomic mass is 16.6. The first kappa shape index (κ1) is 25.1. The lowest BCUT2D eigenvalue weighted by Gasteiger charge is -2.34. The van der Waals surface area contributed by atoms with E-state index in [4.69, 9.17) is 4.74 Å². The summed E-state index contributed by atoms with van der Waals surface area (Å²) in [5.74, 6) is -0.753. The summed E-state index contributed by atoms with van der Waals surface area (Å²) in [5.41, 5.74) is 0.717. The third-order valence-electron chi connectivity index (χ3n) is 5.32. The molecular formula is C26H33N3O5. The van der Waals surface area contributed by atoms with Gasteiger partial charge in [-0.2, -0.15) is 0 Å². The SMILES string of the molecule is CC(NC(=O)OC(C)(C)C)C(=O)N(C1CC1)C(C(=O)NCc1ccccc1)c1cccc(O)c1. The summed E-state index contributed by atoms with van der Waals surface area (Å²) < 4.78 is 5.28. The Balaban J connectivity index is 1.84. The van der Waals surface area contributed by atoms with Gasteiger partial charge < -0.3 is 25.4 Å². The van der Waals surface area contributed by atoms with Gasteiger partial charge in [0.25, 0.3) is 0 Å². The van der Waals surface area contributed by atoms with E-state index in [9.17, 15) is 19.5 Å². The topological polar surface area (TPSA) is 108 Å². The number of nitrogens with one attached hydrogen (secondary N) is 2. The van der Waals surface area contributed by atoms with E-state index >= 15 is 0 Å². The van der Waals surface area contributed by atoms with Crippen molar-refractivity contribution in [2.24, 2.45) is 0 Å². The summed E-state index contributed by atoms with van der Waals surface area (Å²) in [6, 6.07) is 13.8. The molecule has 34 heavy (non-hydrogen) atoms. The molecule has 2 aromatic rings. The van der Waals surface area contributed by atoms with Gasteiger partial charge in [-0.1, -0.05) is 42.5 Å². The molecule has 0 aliphatic heterocycles. The van der Waals surface area contributed by atoms with Crippen LogP contribution in [0.25, 0.3) is 0 Å². The van der Waals surface area contributed by atoms with Crippen molar-refractivity contribution in [2.75, 3.05) is 0 Å². The van der Waals surface area contributed by atoms with Crippen LogP contribution in [-0.4, -0.2) is 45.6 Å². The number of ether oxygens (including phenoxy) is 1. The molecule has 8 heteroatoms. The van der Waals surface area contributed by atoms with Gasteiger partial charge in [-0.15, -0.1) is 0 Å². The minimum atomic E-state index is -0.960. The molecule has 2 aromatic carbocycles. The summed E-state index contributed by atoms with van der Waals surface area (Å²) >= 11 is 0. The minimum absolute atomic E-state index is 0.00137. The predicted molar refractivity (Wildman–Crippen MR) is 128 cm³/mol. The Morgan fingerprint density at radius 3 is 2.35 bits per heavy atom. The first-order chi connectivity index (χ1) is 16.0. The number of hydrogen-bond donors (Lipinski definition) is 3. The zero-order valence-corrected chi connectivity index (χ0v) is 20.1. The first-order valence-electron chi connectivity index (χ1n) is 11.5. The molecule has 0 heterocycles. The lowest BCUT2D eigenvalue weighted by molar-refractivity contribution is -0.143. The van der Waals surface area contributed by atoms with E-state index in [1.807, 2.05) is 30.3 Å². The first-order valence-corrected chi connectivity index (χ1v) is 11.5. The molecule has 1 aliphatic rings. The normalized spacial score (nSPS) is 15.1. The van der Waals surface area contributed by atoms with Gasteiger partial charge in [0.15, 0.2) is 0 Å². The van der Waals surface area contributed by atoms with E-state index in [-0.39, 0.29) is 17.7 Å². The number of phenolic OH excluding ortho intramolecular Hbond substituents is 1. The van der Waals surface area contributed by atoms with Crippen LogP contribution < -0.4 is 10.6 Å². The number of nitrogens with zero attached hydrogens (tertiary/aromatic N) is 1. The summed E-state index contributed by atoms with van der Waals surface area (Å²) in [4.78, 5) is 40.7. The van der Waals surface area contributed by atoms with Crippen molar-refractivity contribution < 1.29 is 24.2 Å². The molecule has 0 spiro atoms. The van der Waals surface area contributed by atoms with Crippen LogP contribution in [0.1, 0.15) is 57.7 Å². The molecule has 1 fully saturated rings. The van der Waals surface area contributed by atoms with Crippen molar-refractivity contribution in [3.8, 4) is 5.75 Å². The quantitative estimate of drug-likeness (QED) is 0.549. The molecule has 182 valence electrons. The van der Waals surface area contributed by atoms with Crippen LogP contribution in [0.15, 0.2) is 54.6 Å². The lowest BCUT2D eigenvalue weighted by atomic mass is 10.0. The third kappa shape index (κ3) is 6.97. The van der Waals surface area contributed by atoms with Crippen LogP contribution in [0.3, 0.4) is 0 Å². The van der Waals surface area contributed by atoms with E-state index in [1.54, 1.807) is 39.8 Å². The smallest absolute Gasteiger partial charge is 0.408 e. The molecule has 2 atom stereocenters. The number of alkyl carbamates (subject to hydrolysis) is 1. The number of rotatable bonds is 8. The summed E-state index contributed by atoms with van der Waals surface area (Å²) in [6.07, 6.45) is 0.810. The maximum Gasteiger partial charge on any atom is 0.408 e. The van der Waals surface area contributed by atoms with E-state index in [0.29, 0.717) is 12.1 Å². The van der Waals surface area contributed by atoms with Crippen LogP contribution in [0.2, 0.25) is 0 Å². The van der Waals surface area contributed by atoms with Crippen LogP contribution in [0.5, 0.6) is 5.75 Å². The second-order valence-electron chi connectivity index (χ2n) is 9.55. The lowest BCUT2D eigenvalue weighted by Crippen LogP contribution is -2.52. The maximum absolute atomic E-state index is 13.5. The van der Waals surface area contributed by atoms with Crippen molar-refractivity contribution >= 4 is 17.9 Å². The zero-order chi connectivity index (χ0) is 24.9. The standard InChI is InChI=1S/C26H33N3O5/c1-17(28-25(33)34-26(2,3)4)24(32)29(20-13-14-20)22(19-11-8-12-21(30)15-19)23(31)27-16-18-9-6-5-7-10-18/h5-12,15,17,20,22,30H,13-14,16H2,1-4H3,(H,27,31)(H,28,33). The fourth-order valence-corrected chi connectivity index (χ4v) is 3.66. The van der Waals surface area contributed by atoms with Crippen LogP contribution in [-0.2, 0) is 20.9 Å². The van der Waals surface area contributed by atoms with Gasteiger partial charge >= 0.3 is 6.09 Å². The second kappa shape index (κ2) is 10.6. The molecule has 3 rings (SSSR count). The Labute approximate surface area is 200 Å². The molecule has 0 radical (unpaired) electrons. The van der Waals surface area contributed by atoms with Crippen molar-refractivity contribution in [1.82, 2.24) is 15.5 Å². The van der Waals surface area contributed by atoms with Crippen LogP contribution in [0.4, 0.5) is 4.79 Å².